The maximum Gasteiger partial charge on any atom is 0.312 e. The molecule has 1 rings (SSSR count). The Morgan fingerprint density at radius 1 is 1.39 bits per heavy atom. The van der Waals surface area contributed by atoms with Gasteiger partial charge < -0.3 is 22.1 Å². The molecule has 0 aromatic carbocycles. The first-order chi connectivity index (χ1) is 10.3. The Hall–Kier alpha value is -1.31. The molecule has 132 valence electrons. The van der Waals surface area contributed by atoms with E-state index in [2.05, 4.69) is 24.5 Å². The van der Waals surface area contributed by atoms with Crippen molar-refractivity contribution in [3.05, 3.63) is 22.4 Å². The van der Waals surface area contributed by atoms with Gasteiger partial charge in [0.25, 0.3) is 0 Å². The van der Waals surface area contributed by atoms with Crippen LogP contribution in [0.4, 0.5) is 4.79 Å². The van der Waals surface area contributed by atoms with Gasteiger partial charge in [0.1, 0.15) is 0 Å². The third kappa shape index (κ3) is 7.67. The Balaban J connectivity index is 0.00000484. The number of carbonyl (C=O) groups is 2. The lowest BCUT2D eigenvalue weighted by Crippen LogP contribution is -2.52. The SMILES string of the molecule is CC(C)CC(C)(CN)NC(=O)CC(NC(N)=O)c1cccs1.Cl. The average molecular weight is 363 g/mol. The summed E-state index contributed by atoms with van der Waals surface area (Å²) in [6, 6.07) is 2.68. The van der Waals surface area contributed by atoms with E-state index >= 15 is 0 Å². The molecule has 0 saturated carbocycles. The summed E-state index contributed by atoms with van der Waals surface area (Å²) in [5.74, 6) is 0.270. The maximum atomic E-state index is 12.3. The van der Waals surface area contributed by atoms with E-state index in [9.17, 15) is 9.59 Å². The molecule has 0 spiro atoms. The van der Waals surface area contributed by atoms with E-state index in [0.29, 0.717) is 12.5 Å². The van der Waals surface area contributed by atoms with Crippen molar-refractivity contribution < 1.29 is 9.59 Å². The fourth-order valence-corrected chi connectivity index (χ4v) is 3.32. The van der Waals surface area contributed by atoms with Gasteiger partial charge in [0, 0.05) is 17.0 Å². The van der Waals surface area contributed by atoms with Crippen LogP contribution in [-0.2, 0) is 4.79 Å². The van der Waals surface area contributed by atoms with Crippen LogP contribution in [0, 0.1) is 5.92 Å². The van der Waals surface area contributed by atoms with Gasteiger partial charge in [-0.3, -0.25) is 4.79 Å². The fraction of sp³-hybridized carbons (Fsp3) is 0.600. The Morgan fingerprint density at radius 2 is 2.04 bits per heavy atom. The van der Waals surface area contributed by atoms with Crippen LogP contribution < -0.4 is 22.1 Å². The highest BCUT2D eigenvalue weighted by atomic mass is 35.5. The van der Waals surface area contributed by atoms with Crippen LogP contribution in [0.3, 0.4) is 0 Å². The van der Waals surface area contributed by atoms with Gasteiger partial charge in [-0.15, -0.1) is 23.7 Å². The number of thiophene rings is 1. The smallest absolute Gasteiger partial charge is 0.312 e. The molecule has 0 bridgehead atoms. The second kappa shape index (κ2) is 9.75. The molecule has 6 N–H and O–H groups in total. The molecule has 8 heteroatoms. The van der Waals surface area contributed by atoms with Crippen molar-refractivity contribution in [2.24, 2.45) is 17.4 Å². The second-order valence-electron chi connectivity index (χ2n) is 6.19. The summed E-state index contributed by atoms with van der Waals surface area (Å²) < 4.78 is 0. The van der Waals surface area contributed by atoms with Gasteiger partial charge in [0.2, 0.25) is 5.91 Å². The second-order valence-corrected chi connectivity index (χ2v) is 7.17. The molecular weight excluding hydrogens is 336 g/mol. The van der Waals surface area contributed by atoms with Crippen molar-refractivity contribution in [2.75, 3.05) is 6.54 Å². The monoisotopic (exact) mass is 362 g/mol. The number of rotatable bonds is 8. The Labute approximate surface area is 147 Å². The molecular formula is C15H27ClN4O2S. The van der Waals surface area contributed by atoms with Crippen molar-refractivity contribution in [2.45, 2.75) is 45.2 Å². The van der Waals surface area contributed by atoms with Crippen molar-refractivity contribution in [3.63, 3.8) is 0 Å². The maximum absolute atomic E-state index is 12.3. The van der Waals surface area contributed by atoms with E-state index < -0.39 is 17.6 Å². The summed E-state index contributed by atoms with van der Waals surface area (Å²) in [7, 11) is 0. The number of amides is 3. The topological polar surface area (TPSA) is 110 Å². The average Bonchev–Trinajstić information content (AvgIpc) is 2.89. The molecule has 6 nitrogen and oxygen atoms in total. The Morgan fingerprint density at radius 3 is 2.48 bits per heavy atom. The number of carbonyl (C=O) groups excluding carboxylic acids is 2. The van der Waals surface area contributed by atoms with Gasteiger partial charge in [-0.05, 0) is 30.7 Å². The number of urea groups is 1. The van der Waals surface area contributed by atoms with Crippen LogP contribution in [0.15, 0.2) is 17.5 Å². The van der Waals surface area contributed by atoms with Crippen LogP contribution in [0.5, 0.6) is 0 Å². The van der Waals surface area contributed by atoms with E-state index in [1.807, 2.05) is 24.4 Å². The Bertz CT molecular complexity index is 496. The van der Waals surface area contributed by atoms with Crippen LogP contribution in [0.25, 0.3) is 0 Å². The quantitative estimate of drug-likeness (QED) is 0.568. The van der Waals surface area contributed by atoms with E-state index in [1.54, 1.807) is 0 Å². The molecule has 1 aromatic heterocycles. The number of hydrogen-bond acceptors (Lipinski definition) is 4. The summed E-state index contributed by atoms with van der Waals surface area (Å²) in [6.45, 7) is 6.47. The molecule has 0 fully saturated rings. The van der Waals surface area contributed by atoms with E-state index in [1.165, 1.54) is 11.3 Å². The molecule has 23 heavy (non-hydrogen) atoms. The minimum atomic E-state index is -0.644. The summed E-state index contributed by atoms with van der Waals surface area (Å²) in [5.41, 5.74) is 10.6. The van der Waals surface area contributed by atoms with Gasteiger partial charge in [0.15, 0.2) is 0 Å². The van der Waals surface area contributed by atoms with E-state index in [4.69, 9.17) is 11.5 Å². The first-order valence-electron chi connectivity index (χ1n) is 7.36. The Kier molecular flexibility index (Phi) is 9.19. The van der Waals surface area contributed by atoms with Crippen molar-refractivity contribution in [3.8, 4) is 0 Å². The molecule has 1 heterocycles. The normalized spacial score (nSPS) is 14.5. The third-order valence-corrected chi connectivity index (χ3v) is 4.33. The van der Waals surface area contributed by atoms with Crippen molar-refractivity contribution in [1.82, 2.24) is 10.6 Å². The number of primary amides is 1. The largest absolute Gasteiger partial charge is 0.352 e. The van der Waals surface area contributed by atoms with Gasteiger partial charge in [-0.2, -0.15) is 0 Å². The lowest BCUT2D eigenvalue weighted by Gasteiger charge is -2.32. The highest BCUT2D eigenvalue weighted by Gasteiger charge is 2.27. The van der Waals surface area contributed by atoms with E-state index in [0.717, 1.165) is 11.3 Å². The highest BCUT2D eigenvalue weighted by Crippen LogP contribution is 2.23. The highest BCUT2D eigenvalue weighted by molar-refractivity contribution is 7.10. The molecule has 1 aromatic rings. The van der Waals surface area contributed by atoms with Gasteiger partial charge in [-0.1, -0.05) is 19.9 Å². The summed E-state index contributed by atoms with van der Waals surface area (Å²) in [6.07, 6.45) is 0.930. The number of halogens is 1. The summed E-state index contributed by atoms with van der Waals surface area (Å²) >= 11 is 1.47. The van der Waals surface area contributed by atoms with Gasteiger partial charge in [0.05, 0.1) is 12.5 Å². The molecule has 2 atom stereocenters. The third-order valence-electron chi connectivity index (χ3n) is 3.34. The summed E-state index contributed by atoms with van der Waals surface area (Å²) in [4.78, 5) is 24.4. The lowest BCUT2D eigenvalue weighted by molar-refractivity contribution is -0.123. The van der Waals surface area contributed by atoms with Gasteiger partial charge >= 0.3 is 6.03 Å². The van der Waals surface area contributed by atoms with Crippen LogP contribution in [0.2, 0.25) is 0 Å². The molecule has 0 aliphatic heterocycles. The summed E-state index contributed by atoms with van der Waals surface area (Å²) in [5, 5.41) is 7.50. The van der Waals surface area contributed by atoms with Crippen molar-refractivity contribution >= 4 is 35.7 Å². The van der Waals surface area contributed by atoms with Crippen LogP contribution >= 0.6 is 23.7 Å². The zero-order valence-electron chi connectivity index (χ0n) is 13.8. The standard InChI is InChI=1S/C15H26N4O2S.ClH/c1-10(2)8-15(3,9-16)19-13(20)7-11(18-14(17)21)12-5-4-6-22-12;/h4-6,10-11H,7-9,16H2,1-3H3,(H,19,20)(H3,17,18,21);1H. The van der Waals surface area contributed by atoms with Crippen LogP contribution in [0.1, 0.15) is 44.5 Å². The van der Waals surface area contributed by atoms with Gasteiger partial charge in [-0.25, -0.2) is 4.79 Å². The zero-order valence-corrected chi connectivity index (χ0v) is 15.4. The predicted octanol–water partition coefficient (Wildman–Crippen LogP) is 2.15. The molecule has 3 amide bonds. The minimum absolute atomic E-state index is 0. The molecule has 0 aliphatic carbocycles. The molecule has 0 radical (unpaired) electrons. The lowest BCUT2D eigenvalue weighted by atomic mass is 9.90. The fourth-order valence-electron chi connectivity index (χ4n) is 2.54. The molecule has 0 aliphatic rings. The van der Waals surface area contributed by atoms with E-state index in [-0.39, 0.29) is 24.7 Å². The molecule has 0 saturated heterocycles. The number of hydrogen-bond donors (Lipinski definition) is 4. The predicted molar refractivity (Wildman–Crippen MR) is 96.7 cm³/mol. The molecule has 2 unspecified atom stereocenters. The van der Waals surface area contributed by atoms with Crippen LogP contribution in [-0.4, -0.2) is 24.0 Å². The van der Waals surface area contributed by atoms with Crippen molar-refractivity contribution in [1.29, 1.82) is 0 Å². The number of nitrogens with one attached hydrogen (secondary N) is 2. The number of nitrogens with two attached hydrogens (primary N) is 2. The zero-order chi connectivity index (χ0) is 16.8. The minimum Gasteiger partial charge on any atom is -0.352 e. The first kappa shape index (κ1) is 21.7. The first-order valence-corrected chi connectivity index (χ1v) is 8.24.